The minimum Gasteiger partial charge on any atom is -0.375 e. The summed E-state index contributed by atoms with van der Waals surface area (Å²) in [5.41, 5.74) is 3.77. The molecule has 3 aromatic rings. The first-order valence-corrected chi connectivity index (χ1v) is 20.6. The van der Waals surface area contributed by atoms with E-state index in [1.165, 1.54) is 0 Å². The number of aromatic nitrogens is 3. The minimum atomic E-state index is -3.57. The zero-order valence-electron chi connectivity index (χ0n) is 31.5. The fraction of sp³-hybridized carbons (Fsp3) is 0.632. The first-order chi connectivity index (χ1) is 24.2. The second-order valence-electron chi connectivity index (χ2n) is 14.8. The van der Waals surface area contributed by atoms with Gasteiger partial charge in [-0.25, -0.2) is 17.9 Å². The van der Waals surface area contributed by atoms with Crippen molar-refractivity contribution < 1.29 is 22.7 Å². The Labute approximate surface area is 303 Å². The molecule has 0 bridgehead atoms. The number of nitrogens with one attached hydrogen (secondary N) is 2. The van der Waals surface area contributed by atoms with E-state index in [2.05, 4.69) is 42.6 Å². The van der Waals surface area contributed by atoms with Crippen molar-refractivity contribution in [3.8, 4) is 0 Å². The van der Waals surface area contributed by atoms with Crippen molar-refractivity contribution in [3.05, 3.63) is 52.8 Å². The molecule has 1 aromatic carbocycles. The molecule has 2 aliphatic heterocycles. The number of hydrogen-bond donors (Lipinski definition) is 2. The van der Waals surface area contributed by atoms with Crippen LogP contribution in [-0.4, -0.2) is 83.9 Å². The van der Waals surface area contributed by atoms with Gasteiger partial charge in [0.1, 0.15) is 5.82 Å². The van der Waals surface area contributed by atoms with E-state index in [9.17, 15) is 18.0 Å². The van der Waals surface area contributed by atoms with E-state index in [0.717, 1.165) is 86.8 Å². The van der Waals surface area contributed by atoms with Gasteiger partial charge in [-0.1, -0.05) is 38.8 Å². The van der Waals surface area contributed by atoms with Crippen molar-refractivity contribution >= 4 is 39.0 Å². The van der Waals surface area contributed by atoms with Crippen LogP contribution in [0.15, 0.2) is 30.5 Å². The fourth-order valence-electron chi connectivity index (χ4n) is 7.50. The van der Waals surface area contributed by atoms with Crippen LogP contribution in [-0.2, 0) is 19.6 Å². The highest BCUT2D eigenvalue weighted by atomic mass is 32.2. The van der Waals surface area contributed by atoms with Gasteiger partial charge in [0, 0.05) is 56.0 Å². The number of anilines is 2. The van der Waals surface area contributed by atoms with E-state index in [4.69, 9.17) is 14.8 Å². The number of carbonyl (C=O) groups is 2. The number of likely N-dealkylation sites (tertiary alicyclic amines) is 1. The molecule has 2 fully saturated rings. The zero-order valence-corrected chi connectivity index (χ0v) is 32.3. The third kappa shape index (κ3) is 9.40. The molecule has 2 N–H and O–H groups in total. The van der Waals surface area contributed by atoms with Crippen LogP contribution in [0.4, 0.5) is 11.5 Å². The number of benzene rings is 1. The topological polar surface area (TPSA) is 138 Å². The summed E-state index contributed by atoms with van der Waals surface area (Å²) in [6, 6.07) is 6.90. The summed E-state index contributed by atoms with van der Waals surface area (Å²) in [5.74, 6) is 0.658. The third-order valence-corrected chi connectivity index (χ3v) is 11.2. The van der Waals surface area contributed by atoms with Gasteiger partial charge in [-0.3, -0.25) is 14.3 Å². The molecule has 2 aromatic heterocycles. The highest BCUT2D eigenvalue weighted by molar-refractivity contribution is 7.92. The van der Waals surface area contributed by atoms with E-state index in [1.54, 1.807) is 22.7 Å². The Kier molecular flexibility index (Phi) is 12.3. The van der Waals surface area contributed by atoms with E-state index in [-0.39, 0.29) is 41.1 Å². The molecule has 4 heterocycles. The number of carbonyl (C=O) groups excluding carboxylic acids is 2. The van der Waals surface area contributed by atoms with Crippen molar-refractivity contribution in [1.82, 2.24) is 24.8 Å². The number of hydrogen-bond acceptors (Lipinski definition) is 8. The Morgan fingerprint density at radius 3 is 2.59 bits per heavy atom. The van der Waals surface area contributed by atoms with Gasteiger partial charge in [-0.15, -0.1) is 0 Å². The van der Waals surface area contributed by atoms with Gasteiger partial charge >= 0.3 is 0 Å². The Morgan fingerprint density at radius 2 is 1.88 bits per heavy atom. The van der Waals surface area contributed by atoms with E-state index in [0.29, 0.717) is 37.3 Å². The van der Waals surface area contributed by atoms with Gasteiger partial charge in [-0.05, 0) is 84.3 Å². The van der Waals surface area contributed by atoms with Crippen LogP contribution >= 0.6 is 0 Å². The predicted octanol–water partition coefficient (Wildman–Crippen LogP) is 6.18. The second kappa shape index (κ2) is 16.3. The Bertz CT molecular complexity index is 1810. The maximum Gasteiger partial charge on any atom is 0.256 e. The molecule has 280 valence electrons. The van der Waals surface area contributed by atoms with Crippen LogP contribution in [0.2, 0.25) is 0 Å². The number of amides is 2. The normalized spacial score (nSPS) is 20.0. The summed E-state index contributed by atoms with van der Waals surface area (Å²) < 4.78 is 34.7. The Hall–Kier alpha value is -3.71. The van der Waals surface area contributed by atoms with E-state index < -0.39 is 10.0 Å². The molecular weight excluding hydrogens is 667 g/mol. The summed E-state index contributed by atoms with van der Waals surface area (Å²) in [4.78, 5) is 36.4. The van der Waals surface area contributed by atoms with Crippen molar-refractivity contribution in [2.24, 2.45) is 5.92 Å². The highest BCUT2D eigenvalue weighted by Gasteiger charge is 2.33. The Balaban J connectivity index is 1.27. The first kappa shape index (κ1) is 38.5. The smallest absolute Gasteiger partial charge is 0.256 e. The fourth-order valence-corrected chi connectivity index (χ4v) is 8.08. The second-order valence-corrected chi connectivity index (χ2v) is 16.5. The van der Waals surface area contributed by atoms with Gasteiger partial charge in [0.15, 0.2) is 5.65 Å². The largest absolute Gasteiger partial charge is 0.375 e. The molecule has 2 saturated heterocycles. The van der Waals surface area contributed by atoms with Crippen LogP contribution in [0.5, 0.6) is 0 Å². The molecule has 2 aliphatic rings. The van der Waals surface area contributed by atoms with Crippen molar-refractivity contribution in [2.45, 2.75) is 117 Å². The van der Waals surface area contributed by atoms with Gasteiger partial charge in [0.25, 0.3) is 5.91 Å². The number of sulfonamides is 1. The monoisotopic (exact) mass is 723 g/mol. The molecule has 0 spiro atoms. The van der Waals surface area contributed by atoms with Crippen LogP contribution < -0.4 is 14.9 Å². The zero-order chi connectivity index (χ0) is 36.9. The predicted molar refractivity (Wildman–Crippen MR) is 202 cm³/mol. The maximum absolute atomic E-state index is 14.0. The third-order valence-electron chi connectivity index (χ3n) is 10.6. The van der Waals surface area contributed by atoms with Crippen LogP contribution in [0.25, 0.3) is 5.65 Å². The lowest BCUT2D eigenvalue weighted by atomic mass is 9.96. The van der Waals surface area contributed by atoms with Gasteiger partial charge in [-0.2, -0.15) is 5.10 Å². The lowest BCUT2D eigenvalue weighted by Gasteiger charge is -2.35. The molecule has 0 saturated carbocycles. The number of aryl methyl sites for hydroxylation is 2. The number of fused-ring (bicyclic) bond motifs is 1. The highest BCUT2D eigenvalue weighted by Crippen LogP contribution is 2.34. The van der Waals surface area contributed by atoms with Crippen LogP contribution in [0.3, 0.4) is 0 Å². The number of ether oxygens (including phenoxy) is 1. The molecular formula is C38H57N7O5S. The average molecular weight is 724 g/mol. The average Bonchev–Trinajstić information content (AvgIpc) is 3.73. The maximum atomic E-state index is 14.0. The molecule has 12 nitrogen and oxygen atoms in total. The molecule has 3 unspecified atom stereocenters. The quantitative estimate of drug-likeness (QED) is 0.190. The van der Waals surface area contributed by atoms with Gasteiger partial charge < -0.3 is 19.9 Å². The minimum absolute atomic E-state index is 0.0388. The molecule has 2 amide bonds. The summed E-state index contributed by atoms with van der Waals surface area (Å²) >= 11 is 0. The van der Waals surface area contributed by atoms with Crippen molar-refractivity contribution in [3.63, 3.8) is 0 Å². The molecule has 0 aliphatic carbocycles. The van der Waals surface area contributed by atoms with Gasteiger partial charge in [0.2, 0.25) is 15.9 Å². The van der Waals surface area contributed by atoms with E-state index >= 15 is 0 Å². The number of rotatable bonds is 15. The molecule has 4 atom stereocenters. The molecule has 5 rings (SSSR count). The summed E-state index contributed by atoms with van der Waals surface area (Å²) in [6.45, 7) is 15.1. The van der Waals surface area contributed by atoms with Crippen LogP contribution in [0, 0.1) is 19.8 Å². The molecule has 0 radical (unpaired) electrons. The Morgan fingerprint density at radius 1 is 1.10 bits per heavy atom. The van der Waals surface area contributed by atoms with Crippen LogP contribution in [0.1, 0.15) is 119 Å². The van der Waals surface area contributed by atoms with E-state index in [1.807, 2.05) is 31.0 Å². The van der Waals surface area contributed by atoms with Crippen molar-refractivity contribution in [1.29, 1.82) is 0 Å². The summed E-state index contributed by atoms with van der Waals surface area (Å²) in [7, 11) is -3.57. The summed E-state index contributed by atoms with van der Waals surface area (Å²) in [6.07, 6.45) is 11.0. The van der Waals surface area contributed by atoms with Crippen molar-refractivity contribution in [2.75, 3.05) is 42.1 Å². The number of nitrogens with zero attached hydrogens (tertiary/aromatic N) is 5. The lowest BCUT2D eigenvalue weighted by Crippen LogP contribution is -2.41. The van der Waals surface area contributed by atoms with Gasteiger partial charge in [0.05, 0.1) is 34.8 Å². The first-order valence-electron chi connectivity index (χ1n) is 18.7. The lowest BCUT2D eigenvalue weighted by molar-refractivity contribution is -0.127. The molecule has 13 heteroatoms. The molecule has 51 heavy (non-hydrogen) atoms. The SMILES string of the molecule is CCCC(C)(CC)OCC[C@@H](CC)C(=O)NC1CCN(c2nc3cc(C4CCCCN4C(=O)c4cc(C)ccc4NS(C)(=O)=O)nn3cc2C)C1. The summed E-state index contributed by atoms with van der Waals surface area (Å²) in [5, 5.41) is 8.20. The number of piperidine rings is 1. The standard InChI is InChI=1S/C38H57N7O5S/c1-8-18-38(6,10-3)50-21-17-28(9-2)36(46)39-29-16-20-43(25-29)35-27(5)24-45-34(40-35)23-32(41-45)33-13-11-12-19-44(33)37(47)30-22-26(4)14-15-31(30)42-51(7,48)49/h14-15,22-24,28-29,33,42H,8-13,16-21,25H2,1-7H3,(H,39,46)/t28-,29?,33?,38?/m1/s1.